The monoisotopic (exact) mass is 436 g/mol. The fourth-order valence-electron chi connectivity index (χ4n) is 4.00. The second-order valence-electron chi connectivity index (χ2n) is 7.34. The van der Waals surface area contributed by atoms with E-state index >= 15 is 0 Å². The summed E-state index contributed by atoms with van der Waals surface area (Å²) in [6, 6.07) is 8.53. The smallest absolute Gasteiger partial charge is 0.318 e. The Morgan fingerprint density at radius 3 is 2.52 bits per heavy atom. The van der Waals surface area contributed by atoms with Crippen LogP contribution in [-0.2, 0) is 22.9 Å². The molecule has 0 saturated carbocycles. The second kappa shape index (κ2) is 7.38. The summed E-state index contributed by atoms with van der Waals surface area (Å²) in [6.07, 6.45) is 0.412. The number of rotatable bonds is 3. The Hall–Kier alpha value is -2.52. The molecule has 10 heteroatoms. The van der Waals surface area contributed by atoms with Crippen LogP contribution in [0.2, 0.25) is 5.15 Å². The topological polar surface area (TPSA) is 114 Å². The number of urea groups is 1. The number of hydrogen-bond donors (Lipinski definition) is 2. The molecule has 3 N–H and O–H groups in total. The summed E-state index contributed by atoms with van der Waals surface area (Å²) < 4.78 is 25.1. The summed E-state index contributed by atoms with van der Waals surface area (Å²) in [5, 5.41) is 3.20. The highest BCUT2D eigenvalue weighted by Crippen LogP contribution is 2.38. The molecule has 0 radical (unpaired) electrons. The van der Waals surface area contributed by atoms with Gasteiger partial charge in [-0.15, -0.1) is 0 Å². The molecule has 8 nitrogen and oxygen atoms in total. The number of nitrogens with two attached hydrogens (primary N) is 1. The van der Waals surface area contributed by atoms with Crippen molar-refractivity contribution in [3.63, 3.8) is 0 Å². The van der Waals surface area contributed by atoms with Gasteiger partial charge in [0.1, 0.15) is 5.15 Å². The molecule has 1 saturated heterocycles. The van der Waals surface area contributed by atoms with Gasteiger partial charge in [0.25, 0.3) is 5.91 Å². The third kappa shape index (κ3) is 3.72. The van der Waals surface area contributed by atoms with Crippen LogP contribution in [-0.4, -0.2) is 53.9 Å². The molecule has 1 aromatic carbocycles. The maximum absolute atomic E-state index is 12.7. The fraction of sp³-hybridized carbons (Fsp3) is 0.368. The van der Waals surface area contributed by atoms with Gasteiger partial charge in [-0.1, -0.05) is 41.9 Å². The van der Waals surface area contributed by atoms with Crippen molar-refractivity contribution in [3.8, 4) is 11.1 Å². The van der Waals surface area contributed by atoms with Crippen LogP contribution in [0, 0.1) is 0 Å². The zero-order valence-corrected chi connectivity index (χ0v) is 17.2. The lowest BCUT2D eigenvalue weighted by molar-refractivity contribution is 0.0997. The van der Waals surface area contributed by atoms with E-state index in [1.165, 1.54) is 0 Å². The van der Waals surface area contributed by atoms with Gasteiger partial charge in [0.05, 0.1) is 29.3 Å². The number of primary amides is 1. The molecule has 154 valence electrons. The molecule has 1 unspecified atom stereocenters. The van der Waals surface area contributed by atoms with Gasteiger partial charge in [-0.3, -0.25) is 4.79 Å². The number of aromatic nitrogens is 1. The minimum atomic E-state index is -3.09. The lowest BCUT2D eigenvalue weighted by Crippen LogP contribution is -2.48. The van der Waals surface area contributed by atoms with Crippen molar-refractivity contribution in [3.05, 3.63) is 46.7 Å². The van der Waals surface area contributed by atoms with Gasteiger partial charge in [0.15, 0.2) is 9.84 Å². The average Bonchev–Trinajstić information content (AvgIpc) is 3.18. The fourth-order valence-corrected chi connectivity index (χ4v) is 6.06. The predicted octanol–water partition coefficient (Wildman–Crippen LogP) is 1.62. The van der Waals surface area contributed by atoms with Crippen molar-refractivity contribution in [1.82, 2.24) is 14.8 Å². The molecule has 1 aromatic heterocycles. The normalized spacial score (nSPS) is 20.3. The van der Waals surface area contributed by atoms with Crippen molar-refractivity contribution in [1.29, 1.82) is 0 Å². The highest BCUT2D eigenvalue weighted by molar-refractivity contribution is 7.91. The third-order valence-corrected chi connectivity index (χ3v) is 7.56. The number of carbonyl (C=O) groups is 2. The molecule has 0 bridgehead atoms. The molecule has 1 atom stereocenters. The number of fused-ring (bicyclic) bond motifs is 1. The van der Waals surface area contributed by atoms with E-state index in [1.807, 2.05) is 34.9 Å². The minimum absolute atomic E-state index is 0.0422. The Balaban J connectivity index is 1.62. The maximum atomic E-state index is 12.7. The van der Waals surface area contributed by atoms with E-state index in [0.29, 0.717) is 41.5 Å². The van der Waals surface area contributed by atoms with Gasteiger partial charge >= 0.3 is 6.03 Å². The van der Waals surface area contributed by atoms with Gasteiger partial charge in [-0.05, 0) is 12.0 Å². The standard InChI is InChI=1S/C19H21ClN4O4S/c20-17-15(12-4-2-1-3-5-12)16(18(21)25)14-10-23(7-8-24(14)17)19(26)22-13-6-9-29(27,28)11-13/h1-5,13H,6-11H2,(H2,21,25)(H,22,26). The highest BCUT2D eigenvalue weighted by Gasteiger charge is 2.34. The molecule has 2 aromatic rings. The molecule has 2 aliphatic rings. The van der Waals surface area contributed by atoms with Crippen LogP contribution in [0.15, 0.2) is 30.3 Å². The van der Waals surface area contributed by atoms with Gasteiger partial charge in [0.2, 0.25) is 0 Å². The third-order valence-electron chi connectivity index (χ3n) is 5.40. The van der Waals surface area contributed by atoms with E-state index in [9.17, 15) is 18.0 Å². The molecule has 3 amide bonds. The Kier molecular flexibility index (Phi) is 5.04. The number of nitrogens with one attached hydrogen (secondary N) is 1. The molecule has 29 heavy (non-hydrogen) atoms. The van der Waals surface area contributed by atoms with Crippen LogP contribution in [0.5, 0.6) is 0 Å². The van der Waals surface area contributed by atoms with E-state index in [-0.39, 0.29) is 30.1 Å². The van der Waals surface area contributed by atoms with Crippen molar-refractivity contribution in [2.24, 2.45) is 5.73 Å². The van der Waals surface area contributed by atoms with Crippen LogP contribution in [0.3, 0.4) is 0 Å². The van der Waals surface area contributed by atoms with E-state index in [2.05, 4.69) is 5.32 Å². The van der Waals surface area contributed by atoms with E-state index < -0.39 is 15.7 Å². The molecule has 0 spiro atoms. The quantitative estimate of drug-likeness (QED) is 0.760. The summed E-state index contributed by atoms with van der Waals surface area (Å²) in [5.74, 6) is -0.564. The van der Waals surface area contributed by atoms with Crippen LogP contribution in [0.25, 0.3) is 11.1 Å². The number of sulfone groups is 1. The first-order valence-corrected chi connectivity index (χ1v) is 11.5. The summed E-state index contributed by atoms with van der Waals surface area (Å²) in [7, 11) is -3.09. The average molecular weight is 437 g/mol. The Labute approximate surface area is 173 Å². The lowest BCUT2D eigenvalue weighted by atomic mass is 10.0. The van der Waals surface area contributed by atoms with Crippen molar-refractivity contribution >= 4 is 33.4 Å². The summed E-state index contributed by atoms with van der Waals surface area (Å²) >= 11 is 6.59. The van der Waals surface area contributed by atoms with Crippen LogP contribution >= 0.6 is 11.6 Å². The van der Waals surface area contributed by atoms with E-state index in [1.54, 1.807) is 4.90 Å². The predicted molar refractivity (Wildman–Crippen MR) is 109 cm³/mol. The Morgan fingerprint density at radius 1 is 1.17 bits per heavy atom. The Bertz CT molecular complexity index is 1080. The summed E-state index contributed by atoms with van der Waals surface area (Å²) in [6.45, 7) is 0.965. The van der Waals surface area contributed by atoms with Crippen LogP contribution in [0.1, 0.15) is 22.5 Å². The molecule has 3 heterocycles. The molecule has 4 rings (SSSR count). The Morgan fingerprint density at radius 2 is 1.90 bits per heavy atom. The zero-order valence-electron chi connectivity index (χ0n) is 15.6. The van der Waals surface area contributed by atoms with Crippen molar-refractivity contribution < 1.29 is 18.0 Å². The van der Waals surface area contributed by atoms with Gasteiger partial charge < -0.3 is 20.5 Å². The van der Waals surface area contributed by atoms with Crippen molar-refractivity contribution in [2.75, 3.05) is 18.1 Å². The lowest BCUT2D eigenvalue weighted by Gasteiger charge is -2.30. The number of hydrogen-bond acceptors (Lipinski definition) is 4. The number of carbonyl (C=O) groups excluding carboxylic acids is 2. The first-order chi connectivity index (χ1) is 13.8. The molecular formula is C19H21ClN4O4S. The number of amides is 3. The van der Waals surface area contributed by atoms with E-state index in [0.717, 1.165) is 5.56 Å². The highest BCUT2D eigenvalue weighted by atomic mass is 35.5. The number of nitrogens with zero attached hydrogens (tertiary/aromatic N) is 2. The molecule has 1 fully saturated rings. The summed E-state index contributed by atoms with van der Waals surface area (Å²) in [5.41, 5.74) is 7.92. The molecule has 0 aliphatic carbocycles. The van der Waals surface area contributed by atoms with Crippen LogP contribution < -0.4 is 11.1 Å². The summed E-state index contributed by atoms with van der Waals surface area (Å²) in [4.78, 5) is 26.5. The zero-order chi connectivity index (χ0) is 20.8. The molecule has 2 aliphatic heterocycles. The first-order valence-electron chi connectivity index (χ1n) is 9.29. The van der Waals surface area contributed by atoms with Crippen molar-refractivity contribution in [2.45, 2.75) is 25.6 Å². The number of benzene rings is 1. The van der Waals surface area contributed by atoms with Gasteiger partial charge in [-0.25, -0.2) is 13.2 Å². The largest absolute Gasteiger partial charge is 0.366 e. The second-order valence-corrected chi connectivity index (χ2v) is 9.93. The maximum Gasteiger partial charge on any atom is 0.318 e. The SMILES string of the molecule is NC(=O)c1c(-c2ccccc2)c(Cl)n2c1CN(C(=O)NC1CCS(=O)(=O)C1)CC2. The first kappa shape index (κ1) is 19.8. The van der Waals surface area contributed by atoms with Gasteiger partial charge in [0, 0.05) is 24.7 Å². The minimum Gasteiger partial charge on any atom is -0.366 e. The van der Waals surface area contributed by atoms with Crippen LogP contribution in [0.4, 0.5) is 4.79 Å². The van der Waals surface area contributed by atoms with Gasteiger partial charge in [-0.2, -0.15) is 0 Å². The van der Waals surface area contributed by atoms with E-state index in [4.69, 9.17) is 17.3 Å². The molecular weight excluding hydrogens is 416 g/mol. The number of halogens is 1.